The third kappa shape index (κ3) is 25.7. The lowest BCUT2D eigenvalue weighted by atomic mass is 10.0. The summed E-state index contributed by atoms with van der Waals surface area (Å²) in [6, 6.07) is 72.7. The average Bonchev–Trinajstić information content (AvgIpc) is 1.66. The number of nitrogen functional groups attached to an aromatic ring is 5. The highest BCUT2D eigenvalue weighted by Crippen LogP contribution is 2.35. The van der Waals surface area contributed by atoms with E-state index in [9.17, 15) is 43.2 Å². The van der Waals surface area contributed by atoms with Crippen molar-refractivity contribution < 1.29 is 58.5 Å². The molecule has 125 heavy (non-hydrogen) atoms. The van der Waals surface area contributed by atoms with Crippen LogP contribution in [0.3, 0.4) is 0 Å². The number of nitrogens with two attached hydrogens (primary N) is 6. The van der Waals surface area contributed by atoms with Gasteiger partial charge in [-0.05, 0) is 174 Å². The van der Waals surface area contributed by atoms with Gasteiger partial charge >= 0.3 is 17.9 Å². The number of carboxylic acids is 3. The third-order valence-corrected chi connectivity index (χ3v) is 19.8. The summed E-state index contributed by atoms with van der Waals surface area (Å²) in [5.41, 5.74) is 45.1. The van der Waals surface area contributed by atoms with Gasteiger partial charge in [-0.15, -0.1) is 12.4 Å². The monoisotopic (exact) mass is 1700 g/mol. The number of allylic oxidation sites excluding steroid dienone is 1. The highest BCUT2D eigenvalue weighted by Gasteiger charge is 2.28. The van der Waals surface area contributed by atoms with E-state index in [1.807, 2.05) is 132 Å². The molecule has 18 N–H and O–H groups in total. The predicted octanol–water partition coefficient (Wildman–Crippen LogP) is 15.7. The maximum atomic E-state index is 12.7. The number of hydrogen-bond donors (Lipinski definition) is 12. The van der Waals surface area contributed by atoms with Crippen molar-refractivity contribution in [3.05, 3.63) is 368 Å². The van der Waals surface area contributed by atoms with Crippen LogP contribution in [-0.2, 0) is 0 Å². The van der Waals surface area contributed by atoms with Crippen molar-refractivity contribution in [3.63, 3.8) is 0 Å². The Bertz CT molecular complexity index is 5950. The molecule has 0 radical (unpaired) electrons. The summed E-state index contributed by atoms with van der Waals surface area (Å²) in [6.45, 7) is 9.35. The number of carboxylic acid groups (broad SMARTS) is 3. The molecule has 0 atom stereocenters. The van der Waals surface area contributed by atoms with Crippen LogP contribution in [0.15, 0.2) is 273 Å². The van der Waals surface area contributed by atoms with Crippen molar-refractivity contribution in [2.24, 2.45) is 17.5 Å². The number of amides is 1. The van der Waals surface area contributed by atoms with Crippen molar-refractivity contribution in [1.82, 2.24) is 34.7 Å². The summed E-state index contributed by atoms with van der Waals surface area (Å²) in [5, 5.41) is 54.1. The van der Waals surface area contributed by atoms with E-state index in [2.05, 4.69) is 31.4 Å². The molecule has 3 aliphatic rings. The van der Waals surface area contributed by atoms with Gasteiger partial charge in [0.2, 0.25) is 5.78 Å². The Balaban J connectivity index is 0.000000172. The number of halogens is 1. The van der Waals surface area contributed by atoms with E-state index in [-0.39, 0.29) is 98.6 Å². The summed E-state index contributed by atoms with van der Waals surface area (Å²) in [7, 11) is 0. The fraction of sp³-hybridized carbons (Fsp3) is 0.156. The number of hydrogen-bond acceptors (Lipinski definition) is 21. The van der Waals surface area contributed by atoms with Crippen molar-refractivity contribution in [3.8, 4) is 23.1 Å². The number of hydrazine groups is 1. The van der Waals surface area contributed by atoms with Crippen molar-refractivity contribution in [2.45, 2.75) is 91.6 Å². The van der Waals surface area contributed by atoms with E-state index in [0.29, 0.717) is 85.6 Å². The SMILES string of the molecule is Cc1ccc(C(=O)CC2CC2)cc1-n1ncc(C(=O)c2ccccc2)c1N.Cc1ccc(C(=O)NC2CC2)cc1-n1ncc(C(=O)c2ccccc2)c1N.Cc1ccc(C(=O)O)cc1-n1ncc(C(=O)c2ccccc2)c1N.Cc1ccc(C(=O)O)cc1N.Cc1ccc(C(=O)O)cc1NN.Cl.N#C/C(=C\Nc1ccccc1)C(=O)c1ccccc1.NC1CC1. The van der Waals surface area contributed by atoms with Crippen LogP contribution in [0, 0.1) is 51.9 Å². The Morgan fingerprint density at radius 3 is 1.14 bits per heavy atom. The van der Waals surface area contributed by atoms with Gasteiger partial charge in [-0.3, -0.25) is 34.6 Å². The molecule has 3 saturated carbocycles. The number of anilines is 6. The molecular formula is C96H95ClN16O12. The van der Waals surface area contributed by atoms with Gasteiger partial charge < -0.3 is 60.0 Å². The number of nitrogens with zero attached hydrogens (tertiary/aromatic N) is 7. The number of aromatic carboxylic acids is 3. The Morgan fingerprint density at radius 1 is 0.432 bits per heavy atom. The summed E-state index contributed by atoms with van der Waals surface area (Å²) < 4.78 is 4.44. The predicted molar refractivity (Wildman–Crippen MR) is 484 cm³/mol. The van der Waals surface area contributed by atoms with Gasteiger partial charge in [-0.2, -0.15) is 20.6 Å². The zero-order chi connectivity index (χ0) is 89.3. The van der Waals surface area contributed by atoms with Crippen LogP contribution in [-0.4, -0.2) is 109 Å². The van der Waals surface area contributed by atoms with E-state index in [1.54, 1.807) is 126 Å². The van der Waals surface area contributed by atoms with Gasteiger partial charge in [0.1, 0.15) is 29.1 Å². The number of para-hydroxylation sites is 1. The van der Waals surface area contributed by atoms with Crippen LogP contribution in [0.4, 0.5) is 34.5 Å². The molecule has 3 aliphatic carbocycles. The molecular weight excluding hydrogens is 1600 g/mol. The second kappa shape index (κ2) is 44.0. The van der Waals surface area contributed by atoms with Crippen molar-refractivity contribution >= 4 is 99.7 Å². The van der Waals surface area contributed by atoms with Crippen LogP contribution >= 0.6 is 12.4 Å². The summed E-state index contributed by atoms with van der Waals surface area (Å²) in [4.78, 5) is 107. The van der Waals surface area contributed by atoms with E-state index >= 15 is 0 Å². The molecule has 16 rings (SSSR count). The lowest BCUT2D eigenvalue weighted by molar-refractivity contribution is 0.0686. The van der Waals surface area contributed by atoms with Crippen molar-refractivity contribution in [2.75, 3.05) is 33.7 Å². The minimum Gasteiger partial charge on any atom is -0.478 e. The number of rotatable bonds is 22. The summed E-state index contributed by atoms with van der Waals surface area (Å²) in [5.74, 6) is 2.65. The Hall–Kier alpha value is -15.7. The number of aromatic nitrogens is 6. The number of nitrogens with one attached hydrogen (secondary N) is 3. The first-order chi connectivity index (χ1) is 59.5. The molecule has 638 valence electrons. The molecule has 1 amide bonds. The molecule has 0 aliphatic heterocycles. The number of nitriles is 1. The molecule has 3 heterocycles. The maximum Gasteiger partial charge on any atom is 0.335 e. The Labute approximate surface area is 727 Å². The Morgan fingerprint density at radius 2 is 0.776 bits per heavy atom. The second-order valence-electron chi connectivity index (χ2n) is 29.3. The topological polar surface area (TPSA) is 484 Å². The second-order valence-corrected chi connectivity index (χ2v) is 29.3. The standard InChI is InChI=1S/C22H21N3O2.C21H20N4O2.C18H15N3O3.C16H12N2O.C8H10N2O2.C8H9NO2.C3H7N.ClH/c1-14-7-10-17(20(26)11-15-8-9-15)12-19(14)25-22(23)18(13-24-25)21(27)16-5-3-2-4-6-16;1-13-7-8-15(21(27)24-16-9-10-16)11-18(13)25-20(22)17(12-23-25)19(26)14-5-3-2-4-6-14;1-11-7-8-13(18(23)24)9-15(11)21-17(19)14(10-20-21)16(22)12-5-3-2-4-6-12;17-11-14(12-18-15-9-5-2-6-10-15)16(19)13-7-3-1-4-8-13;1-5-2-3-6(8(11)12)4-7(5)10-9;1-5-2-3-6(8(10)11)4-7(5)9;4-3-1-2-3;/h2-7,10,12-13,15H,8-9,11,23H2,1H3;2-8,11-12,16H,9-10,22H2,1H3,(H,24,27);2-10H,19H2,1H3,(H,23,24);1-10,12,18H;2-4,10H,9H2,1H3,(H,11,12);2-4H,9H2,1H3,(H,10,11);3H,1-2,4H2;1H/b;;;14-12+;;;;. The van der Waals surface area contributed by atoms with Crippen LogP contribution in [0.5, 0.6) is 0 Å². The molecule has 0 bridgehead atoms. The third-order valence-electron chi connectivity index (χ3n) is 19.8. The van der Waals surface area contributed by atoms with E-state index in [1.165, 1.54) is 77.3 Å². The molecule has 3 fully saturated rings. The quantitative estimate of drug-likeness (QED) is 0.00749. The zero-order valence-electron chi connectivity index (χ0n) is 69.1. The normalized spacial score (nSPS) is 12.0. The first-order valence-electron chi connectivity index (χ1n) is 39.4. The molecule has 0 saturated heterocycles. The zero-order valence-corrected chi connectivity index (χ0v) is 69.9. The number of Topliss-reactive ketones (excluding diaryl/α,β-unsaturated/α-hetero) is 2. The highest BCUT2D eigenvalue weighted by molar-refractivity contribution is 6.14. The molecule has 3 aromatic heterocycles. The molecule has 29 heteroatoms. The largest absolute Gasteiger partial charge is 0.478 e. The number of carbonyl (C=O) groups is 9. The smallest absolute Gasteiger partial charge is 0.335 e. The summed E-state index contributed by atoms with van der Waals surface area (Å²) >= 11 is 0. The number of ketones is 5. The van der Waals surface area contributed by atoms with Gasteiger partial charge in [0, 0.05) is 69.5 Å². The molecule has 28 nitrogen and oxygen atoms in total. The minimum atomic E-state index is -1.04. The fourth-order valence-electron chi connectivity index (χ4n) is 11.9. The van der Waals surface area contributed by atoms with E-state index in [0.717, 1.165) is 64.9 Å². The summed E-state index contributed by atoms with van der Waals surface area (Å²) in [6.07, 6.45) is 13.3. The van der Waals surface area contributed by atoms with Gasteiger partial charge in [0.25, 0.3) is 5.91 Å². The number of benzene rings is 10. The van der Waals surface area contributed by atoms with Crippen LogP contribution < -0.4 is 50.6 Å². The minimum absolute atomic E-state index is 0. The first-order valence-corrected chi connectivity index (χ1v) is 39.4. The number of aryl methyl sites for hydroxylation is 5. The van der Waals surface area contributed by atoms with Gasteiger partial charge in [0.05, 0.1) is 74.7 Å². The molecule has 0 spiro atoms. The van der Waals surface area contributed by atoms with Gasteiger partial charge in [0.15, 0.2) is 23.1 Å². The van der Waals surface area contributed by atoms with Crippen LogP contribution in [0.25, 0.3) is 17.1 Å². The first kappa shape index (κ1) is 93.2. The molecule has 0 unspecified atom stereocenters. The van der Waals surface area contributed by atoms with E-state index in [4.69, 9.17) is 55.1 Å². The Kier molecular flexibility index (Phi) is 32.8. The van der Waals surface area contributed by atoms with E-state index < -0.39 is 17.9 Å². The highest BCUT2D eigenvalue weighted by atomic mass is 35.5. The van der Waals surface area contributed by atoms with Crippen molar-refractivity contribution in [1.29, 1.82) is 5.26 Å². The van der Waals surface area contributed by atoms with Gasteiger partial charge in [-0.1, -0.05) is 176 Å². The lowest BCUT2D eigenvalue weighted by Gasteiger charge is -2.11. The average molecular weight is 1700 g/mol. The molecule has 10 aromatic carbocycles. The van der Waals surface area contributed by atoms with Crippen LogP contribution in [0.2, 0.25) is 0 Å². The number of carbonyl (C=O) groups excluding carboxylic acids is 6. The maximum absolute atomic E-state index is 12.7. The van der Waals surface area contributed by atoms with Gasteiger partial charge in [-0.25, -0.2) is 28.4 Å². The van der Waals surface area contributed by atoms with Crippen LogP contribution in [0.1, 0.15) is 183 Å². The lowest BCUT2D eigenvalue weighted by Crippen LogP contribution is -2.25. The fourth-order valence-corrected chi connectivity index (χ4v) is 11.9. The molecule has 13 aromatic rings.